The summed E-state index contributed by atoms with van der Waals surface area (Å²) in [4.78, 5) is 1.10. The first-order valence-corrected chi connectivity index (χ1v) is 7.08. The average Bonchev–Trinajstić information content (AvgIpc) is 2.77. The van der Waals surface area contributed by atoms with Crippen LogP contribution in [0.2, 0.25) is 0 Å². The van der Waals surface area contributed by atoms with E-state index >= 15 is 0 Å². The Hall–Kier alpha value is -0.910. The van der Waals surface area contributed by atoms with Crippen LogP contribution in [0.15, 0.2) is 34.1 Å². The summed E-state index contributed by atoms with van der Waals surface area (Å²) in [5, 5.41) is 5.19. The van der Waals surface area contributed by atoms with Crippen molar-refractivity contribution in [2.45, 2.75) is 6.04 Å². The van der Waals surface area contributed by atoms with Gasteiger partial charge in [-0.25, -0.2) is 4.39 Å². The van der Waals surface area contributed by atoms with E-state index in [1.54, 1.807) is 24.5 Å². The molecular weight excluding hydrogens is 317 g/mol. The molecule has 0 bridgehead atoms. The standard InChI is InChI=1S/C13H13BrFNOS/c1-16-12(13-10(14)5-6-18-13)9-7-8(15)3-4-11(9)17-2/h3-7,12,16H,1-2H3. The summed E-state index contributed by atoms with van der Waals surface area (Å²) in [6, 6.07) is 6.45. The number of benzene rings is 1. The molecule has 2 aromatic rings. The van der Waals surface area contributed by atoms with Crippen molar-refractivity contribution in [1.29, 1.82) is 0 Å². The molecule has 1 aromatic heterocycles. The maximum atomic E-state index is 13.4. The molecule has 2 nitrogen and oxygen atoms in total. The molecule has 0 aliphatic heterocycles. The summed E-state index contributed by atoms with van der Waals surface area (Å²) in [7, 11) is 3.44. The molecule has 1 N–H and O–H groups in total. The van der Waals surface area contributed by atoms with Gasteiger partial charge in [0, 0.05) is 14.9 Å². The molecule has 5 heteroatoms. The molecule has 1 atom stereocenters. The Labute approximate surface area is 118 Å². The van der Waals surface area contributed by atoms with E-state index in [1.807, 2.05) is 18.5 Å². The van der Waals surface area contributed by atoms with Gasteiger partial charge in [0.15, 0.2) is 0 Å². The molecule has 0 saturated heterocycles. The van der Waals surface area contributed by atoms with E-state index in [2.05, 4.69) is 21.2 Å². The van der Waals surface area contributed by atoms with Crippen LogP contribution in [0.3, 0.4) is 0 Å². The van der Waals surface area contributed by atoms with E-state index in [0.29, 0.717) is 5.75 Å². The second kappa shape index (κ2) is 5.82. The SMILES string of the molecule is CNC(c1cc(F)ccc1OC)c1sccc1Br. The summed E-state index contributed by atoms with van der Waals surface area (Å²) in [6.07, 6.45) is 0. The first-order chi connectivity index (χ1) is 8.67. The molecule has 0 spiro atoms. The van der Waals surface area contributed by atoms with Crippen molar-refractivity contribution in [1.82, 2.24) is 5.32 Å². The number of hydrogen-bond donors (Lipinski definition) is 1. The van der Waals surface area contributed by atoms with Crippen molar-refractivity contribution < 1.29 is 9.13 Å². The Morgan fingerprint density at radius 2 is 2.17 bits per heavy atom. The van der Waals surface area contributed by atoms with Crippen molar-refractivity contribution in [3.05, 3.63) is 50.4 Å². The fourth-order valence-electron chi connectivity index (χ4n) is 1.87. The van der Waals surface area contributed by atoms with Crippen LogP contribution in [0, 0.1) is 5.82 Å². The monoisotopic (exact) mass is 329 g/mol. The van der Waals surface area contributed by atoms with Crippen molar-refractivity contribution in [2.75, 3.05) is 14.2 Å². The molecule has 96 valence electrons. The highest BCUT2D eigenvalue weighted by molar-refractivity contribution is 9.10. The van der Waals surface area contributed by atoms with Crippen LogP contribution in [-0.4, -0.2) is 14.2 Å². The van der Waals surface area contributed by atoms with E-state index in [4.69, 9.17) is 4.74 Å². The summed E-state index contributed by atoms with van der Waals surface area (Å²) in [5.41, 5.74) is 0.795. The number of rotatable bonds is 4. The number of methoxy groups -OCH3 is 1. The zero-order chi connectivity index (χ0) is 13.1. The topological polar surface area (TPSA) is 21.3 Å². The second-order valence-electron chi connectivity index (χ2n) is 3.74. The first kappa shape index (κ1) is 13.5. The lowest BCUT2D eigenvalue weighted by molar-refractivity contribution is 0.404. The van der Waals surface area contributed by atoms with Crippen molar-refractivity contribution >= 4 is 27.3 Å². The minimum absolute atomic E-state index is 0.0926. The lowest BCUT2D eigenvalue weighted by Crippen LogP contribution is -2.18. The van der Waals surface area contributed by atoms with Gasteiger partial charge < -0.3 is 10.1 Å². The predicted molar refractivity (Wildman–Crippen MR) is 75.9 cm³/mol. The summed E-state index contributed by atoms with van der Waals surface area (Å²) >= 11 is 5.12. The lowest BCUT2D eigenvalue weighted by Gasteiger charge is -2.19. The molecule has 0 fully saturated rings. The van der Waals surface area contributed by atoms with Crippen molar-refractivity contribution in [3.63, 3.8) is 0 Å². The minimum Gasteiger partial charge on any atom is -0.496 e. The van der Waals surface area contributed by atoms with Gasteiger partial charge in [-0.2, -0.15) is 0 Å². The van der Waals surface area contributed by atoms with Gasteiger partial charge in [0.2, 0.25) is 0 Å². The number of nitrogens with one attached hydrogen (secondary N) is 1. The molecule has 0 amide bonds. The third-order valence-corrected chi connectivity index (χ3v) is 4.63. The third kappa shape index (κ3) is 2.58. The van der Waals surface area contributed by atoms with Gasteiger partial charge in [0.25, 0.3) is 0 Å². The fraction of sp³-hybridized carbons (Fsp3) is 0.231. The molecule has 2 rings (SSSR count). The van der Waals surface area contributed by atoms with Crippen LogP contribution in [0.5, 0.6) is 5.75 Å². The average molecular weight is 330 g/mol. The smallest absolute Gasteiger partial charge is 0.124 e. The Morgan fingerprint density at radius 1 is 1.39 bits per heavy atom. The van der Waals surface area contributed by atoms with Crippen LogP contribution in [0.4, 0.5) is 4.39 Å². The van der Waals surface area contributed by atoms with E-state index < -0.39 is 0 Å². The van der Waals surface area contributed by atoms with Crippen LogP contribution in [0.1, 0.15) is 16.5 Å². The van der Waals surface area contributed by atoms with Crippen LogP contribution in [-0.2, 0) is 0 Å². The van der Waals surface area contributed by atoms with E-state index in [-0.39, 0.29) is 11.9 Å². The largest absolute Gasteiger partial charge is 0.496 e. The van der Waals surface area contributed by atoms with E-state index in [0.717, 1.165) is 14.9 Å². The summed E-state index contributed by atoms with van der Waals surface area (Å²) in [5.74, 6) is 0.412. The number of thiophene rings is 1. The molecule has 0 aliphatic rings. The third-order valence-electron chi connectivity index (χ3n) is 2.70. The molecule has 1 aromatic carbocycles. The normalized spacial score (nSPS) is 12.4. The first-order valence-electron chi connectivity index (χ1n) is 5.41. The molecule has 0 radical (unpaired) electrons. The number of halogens is 2. The number of hydrogen-bond acceptors (Lipinski definition) is 3. The van der Waals surface area contributed by atoms with Gasteiger partial charge in [0.05, 0.1) is 13.2 Å². The molecule has 18 heavy (non-hydrogen) atoms. The Kier molecular flexibility index (Phi) is 4.37. The highest BCUT2D eigenvalue weighted by Gasteiger charge is 2.20. The molecule has 0 saturated carbocycles. The Morgan fingerprint density at radius 3 is 2.72 bits per heavy atom. The van der Waals surface area contributed by atoms with Crippen molar-refractivity contribution in [2.24, 2.45) is 0 Å². The quantitative estimate of drug-likeness (QED) is 0.916. The molecular formula is C13H13BrFNOS. The Bertz CT molecular complexity index is 544. The Balaban J connectivity index is 2.51. The van der Waals surface area contributed by atoms with Gasteiger partial charge in [-0.3, -0.25) is 0 Å². The maximum absolute atomic E-state index is 13.4. The van der Waals surface area contributed by atoms with Gasteiger partial charge in [-0.05, 0) is 52.6 Å². The zero-order valence-corrected chi connectivity index (χ0v) is 12.4. The molecule has 1 heterocycles. The van der Waals surface area contributed by atoms with Gasteiger partial charge in [-0.1, -0.05) is 0 Å². The number of ether oxygens (including phenoxy) is 1. The summed E-state index contributed by atoms with van der Waals surface area (Å²) in [6.45, 7) is 0. The highest BCUT2D eigenvalue weighted by atomic mass is 79.9. The summed E-state index contributed by atoms with van der Waals surface area (Å²) < 4.78 is 19.7. The van der Waals surface area contributed by atoms with E-state index in [1.165, 1.54) is 12.1 Å². The van der Waals surface area contributed by atoms with Gasteiger partial charge >= 0.3 is 0 Å². The van der Waals surface area contributed by atoms with Gasteiger partial charge in [-0.15, -0.1) is 11.3 Å². The predicted octanol–water partition coefficient (Wildman–Crippen LogP) is 3.97. The van der Waals surface area contributed by atoms with Crippen LogP contribution in [0.25, 0.3) is 0 Å². The lowest BCUT2D eigenvalue weighted by atomic mass is 10.0. The van der Waals surface area contributed by atoms with Crippen LogP contribution >= 0.6 is 27.3 Å². The van der Waals surface area contributed by atoms with Crippen LogP contribution < -0.4 is 10.1 Å². The van der Waals surface area contributed by atoms with Crippen molar-refractivity contribution in [3.8, 4) is 5.75 Å². The minimum atomic E-state index is -0.265. The zero-order valence-electron chi connectivity index (χ0n) is 10.0. The molecule has 0 aliphatic carbocycles. The van der Waals surface area contributed by atoms with Gasteiger partial charge in [0.1, 0.15) is 11.6 Å². The fourth-order valence-corrected chi connectivity index (χ4v) is 3.60. The highest BCUT2D eigenvalue weighted by Crippen LogP contribution is 2.36. The molecule has 1 unspecified atom stereocenters. The maximum Gasteiger partial charge on any atom is 0.124 e. The second-order valence-corrected chi connectivity index (χ2v) is 5.54. The van der Waals surface area contributed by atoms with E-state index in [9.17, 15) is 4.39 Å².